The summed E-state index contributed by atoms with van der Waals surface area (Å²) in [5.41, 5.74) is 5.54. The molecule has 0 amide bonds. The molecule has 0 bridgehead atoms. The minimum atomic E-state index is -2.52. The fraction of sp³-hybridized carbons (Fsp3) is 0.333. The second-order valence-corrected chi connectivity index (χ2v) is 3.81. The molecule has 15 heavy (non-hydrogen) atoms. The first-order chi connectivity index (χ1) is 6.50. The Morgan fingerprint density at radius 2 is 1.93 bits per heavy atom. The van der Waals surface area contributed by atoms with Crippen LogP contribution in [-0.2, 0) is 0 Å². The minimum Gasteiger partial charge on any atom is -0.324 e. The SMILES string of the molecule is Cl.N[C@@H](CC(F)F)c1cc(Br)ccc1F. The highest BCUT2D eigenvalue weighted by Gasteiger charge is 2.16. The summed E-state index contributed by atoms with van der Waals surface area (Å²) < 4.78 is 37.7. The summed E-state index contributed by atoms with van der Waals surface area (Å²) >= 11 is 3.12. The summed E-state index contributed by atoms with van der Waals surface area (Å²) in [5.74, 6) is -0.554. The molecule has 1 atom stereocenters. The lowest BCUT2D eigenvalue weighted by atomic mass is 10.0. The van der Waals surface area contributed by atoms with E-state index in [1.807, 2.05) is 0 Å². The molecule has 1 nitrogen and oxygen atoms in total. The molecule has 0 saturated heterocycles. The average Bonchev–Trinajstić information content (AvgIpc) is 2.08. The van der Waals surface area contributed by atoms with Gasteiger partial charge in [0.25, 0.3) is 0 Å². The van der Waals surface area contributed by atoms with E-state index < -0.39 is 24.7 Å². The third kappa shape index (κ3) is 4.40. The van der Waals surface area contributed by atoms with Gasteiger partial charge in [-0.2, -0.15) is 0 Å². The monoisotopic (exact) mass is 303 g/mol. The highest BCUT2D eigenvalue weighted by atomic mass is 79.9. The van der Waals surface area contributed by atoms with Crippen LogP contribution in [0.4, 0.5) is 13.2 Å². The molecule has 0 spiro atoms. The molecule has 1 aromatic rings. The summed E-state index contributed by atoms with van der Waals surface area (Å²) in [5, 5.41) is 0. The van der Waals surface area contributed by atoms with Crippen molar-refractivity contribution in [3.63, 3.8) is 0 Å². The maximum absolute atomic E-state index is 13.1. The van der Waals surface area contributed by atoms with Gasteiger partial charge in [-0.3, -0.25) is 0 Å². The number of hydrogen-bond donors (Lipinski definition) is 1. The van der Waals surface area contributed by atoms with E-state index >= 15 is 0 Å². The molecular weight excluding hydrogens is 294 g/mol. The Morgan fingerprint density at radius 3 is 2.47 bits per heavy atom. The zero-order valence-electron chi connectivity index (χ0n) is 7.59. The molecule has 0 aliphatic heterocycles. The first kappa shape index (κ1) is 14.7. The summed E-state index contributed by atoms with van der Waals surface area (Å²) in [7, 11) is 0. The van der Waals surface area contributed by atoms with Crippen LogP contribution in [0.25, 0.3) is 0 Å². The third-order valence-corrected chi connectivity index (χ3v) is 2.28. The summed E-state index contributed by atoms with van der Waals surface area (Å²) in [6, 6.07) is 3.15. The first-order valence-electron chi connectivity index (χ1n) is 3.99. The van der Waals surface area contributed by atoms with Gasteiger partial charge >= 0.3 is 0 Å². The van der Waals surface area contributed by atoms with Gasteiger partial charge in [0.2, 0.25) is 6.43 Å². The number of rotatable bonds is 3. The summed E-state index contributed by atoms with van der Waals surface area (Å²) in [4.78, 5) is 0. The van der Waals surface area contributed by atoms with Gasteiger partial charge in [-0.15, -0.1) is 12.4 Å². The minimum absolute atomic E-state index is 0. The second kappa shape index (κ2) is 6.35. The predicted octanol–water partition coefficient (Wildman–Crippen LogP) is 3.67. The van der Waals surface area contributed by atoms with E-state index in [2.05, 4.69) is 15.9 Å². The Labute approximate surface area is 100 Å². The topological polar surface area (TPSA) is 26.0 Å². The third-order valence-electron chi connectivity index (χ3n) is 1.79. The average molecular weight is 305 g/mol. The van der Waals surface area contributed by atoms with Crippen molar-refractivity contribution in [2.45, 2.75) is 18.9 Å². The van der Waals surface area contributed by atoms with Crippen LogP contribution in [0.15, 0.2) is 22.7 Å². The zero-order valence-corrected chi connectivity index (χ0v) is 9.99. The maximum atomic E-state index is 13.1. The van der Waals surface area contributed by atoms with Crippen LogP contribution in [0.3, 0.4) is 0 Å². The molecular formula is C9H10BrClF3N. The Morgan fingerprint density at radius 1 is 1.33 bits per heavy atom. The lowest BCUT2D eigenvalue weighted by molar-refractivity contribution is 0.128. The van der Waals surface area contributed by atoms with Crippen molar-refractivity contribution in [3.8, 4) is 0 Å². The van der Waals surface area contributed by atoms with E-state index in [4.69, 9.17) is 5.73 Å². The van der Waals surface area contributed by atoms with Crippen LogP contribution >= 0.6 is 28.3 Å². The van der Waals surface area contributed by atoms with Crippen LogP contribution in [0, 0.1) is 5.82 Å². The molecule has 6 heteroatoms. The van der Waals surface area contributed by atoms with Crippen molar-refractivity contribution in [2.24, 2.45) is 5.73 Å². The summed E-state index contributed by atoms with van der Waals surface area (Å²) in [6.45, 7) is 0. The lowest BCUT2D eigenvalue weighted by Crippen LogP contribution is -2.15. The van der Waals surface area contributed by atoms with Crippen molar-refractivity contribution in [3.05, 3.63) is 34.1 Å². The van der Waals surface area contributed by atoms with E-state index in [-0.39, 0.29) is 18.0 Å². The van der Waals surface area contributed by atoms with E-state index in [1.165, 1.54) is 18.2 Å². The molecule has 0 aliphatic rings. The molecule has 0 unspecified atom stereocenters. The Bertz CT molecular complexity index is 322. The normalized spacial score (nSPS) is 12.4. The molecule has 1 aromatic carbocycles. The molecule has 0 heterocycles. The molecule has 86 valence electrons. The predicted molar refractivity (Wildman–Crippen MR) is 58.9 cm³/mol. The van der Waals surface area contributed by atoms with Gasteiger partial charge in [0.15, 0.2) is 0 Å². The van der Waals surface area contributed by atoms with Crippen LogP contribution in [0.1, 0.15) is 18.0 Å². The van der Waals surface area contributed by atoms with E-state index in [1.54, 1.807) is 0 Å². The van der Waals surface area contributed by atoms with Gasteiger partial charge in [0.1, 0.15) is 5.82 Å². The summed E-state index contributed by atoms with van der Waals surface area (Å²) in [6.07, 6.45) is -3.06. The highest BCUT2D eigenvalue weighted by molar-refractivity contribution is 9.10. The molecule has 1 rings (SSSR count). The largest absolute Gasteiger partial charge is 0.324 e. The van der Waals surface area contributed by atoms with Crippen LogP contribution in [0.2, 0.25) is 0 Å². The smallest absolute Gasteiger partial charge is 0.240 e. The molecule has 0 aromatic heterocycles. The van der Waals surface area contributed by atoms with Crippen LogP contribution in [-0.4, -0.2) is 6.43 Å². The second-order valence-electron chi connectivity index (χ2n) is 2.90. The highest BCUT2D eigenvalue weighted by Crippen LogP contribution is 2.24. The lowest BCUT2D eigenvalue weighted by Gasteiger charge is -2.12. The number of nitrogens with two attached hydrogens (primary N) is 1. The Hall–Kier alpha value is -0.260. The van der Waals surface area contributed by atoms with Crippen molar-refractivity contribution in [2.75, 3.05) is 0 Å². The van der Waals surface area contributed by atoms with E-state index in [9.17, 15) is 13.2 Å². The van der Waals surface area contributed by atoms with Crippen molar-refractivity contribution in [1.29, 1.82) is 0 Å². The van der Waals surface area contributed by atoms with Crippen LogP contribution in [0.5, 0.6) is 0 Å². The fourth-order valence-electron chi connectivity index (χ4n) is 1.12. The van der Waals surface area contributed by atoms with Gasteiger partial charge in [0.05, 0.1) is 0 Å². The standard InChI is InChI=1S/C9H9BrF3N.ClH/c10-5-1-2-7(11)6(3-5)8(14)4-9(12)13;/h1-3,8-9H,4,14H2;1H/t8-;/m0./s1. The molecule has 0 saturated carbocycles. The number of alkyl halides is 2. The van der Waals surface area contributed by atoms with E-state index in [0.717, 1.165) is 0 Å². The molecule has 0 radical (unpaired) electrons. The maximum Gasteiger partial charge on any atom is 0.240 e. The van der Waals surface area contributed by atoms with E-state index in [0.29, 0.717) is 4.47 Å². The number of halogens is 5. The van der Waals surface area contributed by atoms with Gasteiger partial charge in [-0.05, 0) is 18.2 Å². The van der Waals surface area contributed by atoms with Gasteiger partial charge in [-0.1, -0.05) is 15.9 Å². The fourth-order valence-corrected chi connectivity index (χ4v) is 1.50. The van der Waals surface area contributed by atoms with Crippen molar-refractivity contribution >= 4 is 28.3 Å². The van der Waals surface area contributed by atoms with Crippen molar-refractivity contribution < 1.29 is 13.2 Å². The molecule has 0 aliphatic carbocycles. The molecule has 2 N–H and O–H groups in total. The van der Waals surface area contributed by atoms with Gasteiger partial charge in [0, 0.05) is 22.5 Å². The van der Waals surface area contributed by atoms with Gasteiger partial charge in [-0.25, -0.2) is 13.2 Å². The zero-order chi connectivity index (χ0) is 10.7. The quantitative estimate of drug-likeness (QED) is 0.906. The number of hydrogen-bond acceptors (Lipinski definition) is 1. The Balaban J connectivity index is 0.00000196. The molecule has 0 fully saturated rings. The van der Waals surface area contributed by atoms with Gasteiger partial charge < -0.3 is 5.73 Å². The van der Waals surface area contributed by atoms with Crippen molar-refractivity contribution in [1.82, 2.24) is 0 Å². The number of benzene rings is 1. The Kier molecular flexibility index (Phi) is 6.24. The van der Waals surface area contributed by atoms with Crippen LogP contribution < -0.4 is 5.73 Å². The first-order valence-corrected chi connectivity index (χ1v) is 4.78.